The molecule has 0 aromatic heterocycles. The van der Waals surface area contributed by atoms with E-state index in [2.05, 4.69) is 45.0 Å². The number of hydrogen-bond donors (Lipinski definition) is 3. The molecular weight excluding hydrogens is 685 g/mol. The molecule has 9 heteroatoms. The summed E-state index contributed by atoms with van der Waals surface area (Å²) in [6.07, 6.45) is -5.08. The second-order valence-corrected chi connectivity index (χ2v) is 22.2. The average molecular weight is 739 g/mol. The third-order valence-corrected chi connectivity index (χ3v) is 18.8. The quantitative estimate of drug-likeness (QED) is 0.228. The van der Waals surface area contributed by atoms with Gasteiger partial charge in [0.25, 0.3) is 8.32 Å². The van der Waals surface area contributed by atoms with E-state index in [9.17, 15) is 20.1 Å². The summed E-state index contributed by atoms with van der Waals surface area (Å²) in [5.74, 6) is -2.03. The molecule has 53 heavy (non-hydrogen) atoms. The lowest BCUT2D eigenvalue weighted by molar-refractivity contribution is -0.326. The number of hydrogen-bond acceptors (Lipinski definition) is 8. The lowest BCUT2D eigenvalue weighted by atomic mass is 9.42. The van der Waals surface area contributed by atoms with E-state index in [4.69, 9.17) is 13.9 Å². The number of esters is 1. The molecule has 1 aliphatic heterocycles. The Kier molecular flexibility index (Phi) is 9.16. The fourth-order valence-electron chi connectivity index (χ4n) is 10.7. The number of aliphatic hydroxyl groups excluding tert-OH is 2. The van der Waals surface area contributed by atoms with Gasteiger partial charge in [-0.1, -0.05) is 127 Å². The van der Waals surface area contributed by atoms with Crippen LogP contribution in [0.4, 0.5) is 0 Å². The van der Waals surface area contributed by atoms with Crippen molar-refractivity contribution >= 4 is 30.4 Å². The van der Waals surface area contributed by atoms with E-state index in [1.165, 1.54) is 0 Å². The molecule has 7 rings (SSSR count). The third kappa shape index (κ3) is 5.33. The Morgan fingerprint density at radius 2 is 1.40 bits per heavy atom. The number of ketones is 1. The van der Waals surface area contributed by atoms with Crippen LogP contribution in [-0.4, -0.2) is 78.1 Å². The van der Waals surface area contributed by atoms with Gasteiger partial charge in [-0.3, -0.25) is 4.79 Å². The van der Waals surface area contributed by atoms with Gasteiger partial charge in [0, 0.05) is 34.2 Å². The molecule has 3 aromatic rings. The van der Waals surface area contributed by atoms with Crippen molar-refractivity contribution in [3.8, 4) is 0 Å². The van der Waals surface area contributed by atoms with Crippen molar-refractivity contribution in [2.75, 3.05) is 6.61 Å². The number of benzene rings is 3. The van der Waals surface area contributed by atoms with Crippen molar-refractivity contribution in [1.29, 1.82) is 0 Å². The first-order valence-corrected chi connectivity index (χ1v) is 20.8. The molecule has 3 aliphatic carbocycles. The number of carbonyl (C=O) groups excluding carboxylic acids is 2. The minimum atomic E-state index is -3.30. The minimum absolute atomic E-state index is 0.160. The molecule has 8 nitrogen and oxygen atoms in total. The molecule has 1 heterocycles. The zero-order valence-electron chi connectivity index (χ0n) is 32.1. The van der Waals surface area contributed by atoms with Gasteiger partial charge in [0.15, 0.2) is 5.78 Å². The van der Waals surface area contributed by atoms with Crippen molar-refractivity contribution in [1.82, 2.24) is 0 Å². The Hall–Kier alpha value is -3.44. The number of fused-ring (bicyclic) bond motifs is 5. The predicted octanol–water partition coefficient (Wildman–Crippen LogP) is 5.37. The van der Waals surface area contributed by atoms with Gasteiger partial charge in [-0.05, 0) is 46.5 Å². The van der Waals surface area contributed by atoms with Gasteiger partial charge < -0.3 is 29.2 Å². The Morgan fingerprint density at radius 1 is 0.868 bits per heavy atom. The Balaban J connectivity index is 1.51. The van der Waals surface area contributed by atoms with Gasteiger partial charge in [-0.25, -0.2) is 4.79 Å². The topological polar surface area (TPSA) is 123 Å². The van der Waals surface area contributed by atoms with Gasteiger partial charge in [0.2, 0.25) is 0 Å². The molecule has 9 atom stereocenters. The van der Waals surface area contributed by atoms with Gasteiger partial charge in [0.05, 0.1) is 30.5 Å². The van der Waals surface area contributed by atoms with Gasteiger partial charge in [-0.15, -0.1) is 0 Å². The van der Waals surface area contributed by atoms with Gasteiger partial charge >= 0.3 is 5.97 Å². The highest BCUT2D eigenvalue weighted by Gasteiger charge is 2.76. The maximum absolute atomic E-state index is 15.1. The summed E-state index contributed by atoms with van der Waals surface area (Å²) in [4.78, 5) is 29.3. The van der Waals surface area contributed by atoms with E-state index in [0.717, 1.165) is 10.4 Å². The standard InChI is InChI=1S/C44H54O8Si/c1-27-31(45)25-44(49)38(51-39(48)28-18-12-9-13-19-28)36-42(7)26-50-32(42)24-33(43(36,8)37(47)35(46)34(27)41(44,5)6)52-53(40(2,3)4,29-20-14-10-15-21-29)30-22-16-11-17-23-30/h9-23,31-33,36-38,45,47,49H,24-26H2,1-8H3/t31-,32+,33-,36+,37-,38-,42+,43+,44+/m0/s1. The van der Waals surface area contributed by atoms with Crippen molar-refractivity contribution in [2.45, 2.75) is 109 Å². The molecule has 282 valence electrons. The lowest BCUT2D eigenvalue weighted by Crippen LogP contribution is -2.79. The predicted molar refractivity (Wildman–Crippen MR) is 205 cm³/mol. The van der Waals surface area contributed by atoms with Crippen LogP contribution in [0.2, 0.25) is 5.04 Å². The first kappa shape index (κ1) is 37.9. The fourth-order valence-corrected chi connectivity index (χ4v) is 15.5. The highest BCUT2D eigenvalue weighted by atomic mass is 28.4. The van der Waals surface area contributed by atoms with Crippen LogP contribution in [0.3, 0.4) is 0 Å². The molecule has 1 saturated heterocycles. The molecule has 0 radical (unpaired) electrons. The number of aliphatic hydroxyl groups is 3. The molecule has 3 N–H and O–H groups in total. The van der Waals surface area contributed by atoms with Crippen molar-refractivity contribution in [3.63, 3.8) is 0 Å². The van der Waals surface area contributed by atoms with Crippen LogP contribution in [0.25, 0.3) is 0 Å². The number of ether oxygens (including phenoxy) is 2. The molecule has 3 aromatic carbocycles. The van der Waals surface area contributed by atoms with Crippen LogP contribution in [-0.2, 0) is 18.7 Å². The molecule has 0 amide bonds. The van der Waals surface area contributed by atoms with Gasteiger partial charge in [-0.2, -0.15) is 0 Å². The minimum Gasteiger partial charge on any atom is -0.455 e. The summed E-state index contributed by atoms with van der Waals surface area (Å²) in [6.45, 7) is 15.9. The van der Waals surface area contributed by atoms with Crippen LogP contribution in [0, 0.1) is 22.2 Å². The van der Waals surface area contributed by atoms with Crippen LogP contribution in [0.15, 0.2) is 102 Å². The van der Waals surface area contributed by atoms with E-state index in [1.807, 2.05) is 56.3 Å². The van der Waals surface area contributed by atoms with Crippen LogP contribution in [0.5, 0.6) is 0 Å². The normalized spacial score (nSPS) is 35.3. The summed E-state index contributed by atoms with van der Waals surface area (Å²) in [6, 6.07) is 29.1. The van der Waals surface area contributed by atoms with E-state index in [-0.39, 0.29) is 24.7 Å². The summed E-state index contributed by atoms with van der Waals surface area (Å²) >= 11 is 0. The average Bonchev–Trinajstić information content (AvgIpc) is 3.12. The first-order valence-electron chi connectivity index (χ1n) is 18.9. The number of carbonyl (C=O) groups is 2. The molecule has 2 saturated carbocycles. The zero-order valence-corrected chi connectivity index (χ0v) is 33.1. The van der Waals surface area contributed by atoms with E-state index in [1.54, 1.807) is 45.0 Å². The second kappa shape index (κ2) is 12.8. The third-order valence-electron chi connectivity index (χ3n) is 13.8. The maximum atomic E-state index is 15.1. The van der Waals surface area contributed by atoms with Gasteiger partial charge in [0.1, 0.15) is 17.8 Å². The summed E-state index contributed by atoms with van der Waals surface area (Å²) < 4.78 is 20.8. The summed E-state index contributed by atoms with van der Waals surface area (Å²) in [7, 11) is -3.30. The molecule has 0 spiro atoms. The SMILES string of the molecule is CC1=C2C(=O)[C@H](O)[C@]3(C)[C@@H](O[Si](c4ccccc4)(c4ccccc4)C(C)(C)C)C[C@H]4OC[C@@]4(C)[C@H]3[C@H](OC(=O)c3ccccc3)[C@](O)(C[C@@H]1O)C2(C)C. The highest BCUT2D eigenvalue weighted by molar-refractivity contribution is 6.99. The smallest absolute Gasteiger partial charge is 0.338 e. The molecule has 4 aliphatic rings. The first-order chi connectivity index (χ1) is 24.9. The van der Waals surface area contributed by atoms with Crippen LogP contribution >= 0.6 is 0 Å². The van der Waals surface area contributed by atoms with E-state index < -0.39 is 77.3 Å². The fraction of sp³-hybridized carbons (Fsp3) is 0.500. The number of Topliss-reactive ketones (excluding diaryl/α,β-unsaturated/α-hetero) is 1. The molecule has 2 bridgehead atoms. The Bertz CT molecular complexity index is 1870. The van der Waals surface area contributed by atoms with Crippen molar-refractivity contribution in [2.24, 2.45) is 22.2 Å². The van der Waals surface area contributed by atoms with Crippen molar-refractivity contribution in [3.05, 3.63) is 108 Å². The van der Waals surface area contributed by atoms with E-state index in [0.29, 0.717) is 17.6 Å². The summed E-state index contributed by atoms with van der Waals surface area (Å²) in [5, 5.41) is 39.4. The largest absolute Gasteiger partial charge is 0.455 e. The van der Waals surface area contributed by atoms with Crippen LogP contribution in [0.1, 0.15) is 78.6 Å². The Morgan fingerprint density at radius 3 is 1.89 bits per heavy atom. The monoisotopic (exact) mass is 738 g/mol. The Labute approximate surface area is 314 Å². The zero-order chi connectivity index (χ0) is 38.4. The number of rotatable bonds is 6. The molecule has 3 fully saturated rings. The van der Waals surface area contributed by atoms with Crippen molar-refractivity contribution < 1.29 is 38.8 Å². The molecular formula is C44H54O8Si. The van der Waals surface area contributed by atoms with Crippen LogP contribution < -0.4 is 10.4 Å². The lowest BCUT2D eigenvalue weighted by Gasteiger charge is -2.69. The second-order valence-electron chi connectivity index (χ2n) is 17.9. The van der Waals surface area contributed by atoms with E-state index >= 15 is 4.79 Å². The summed E-state index contributed by atoms with van der Waals surface area (Å²) in [5.41, 5.74) is -4.52. The highest BCUT2D eigenvalue weighted by Crippen LogP contribution is 2.66. The maximum Gasteiger partial charge on any atom is 0.338 e. The molecule has 0 unspecified atom stereocenters.